The topological polar surface area (TPSA) is 12.4 Å². The molecule has 0 heterocycles. The summed E-state index contributed by atoms with van der Waals surface area (Å²) >= 11 is 4.69. The Balaban J connectivity index is 1.67. The predicted molar refractivity (Wildman–Crippen MR) is 116 cm³/mol. The fourth-order valence-corrected chi connectivity index (χ4v) is 4.41. The SMILES string of the molecule is CCCCC1CCC(c2ccc(-c3ccc(N=C=S)cc3C)cc2)CC1. The van der Waals surface area contributed by atoms with E-state index in [9.17, 15) is 0 Å². The van der Waals surface area contributed by atoms with Gasteiger partial charge in [0.15, 0.2) is 0 Å². The number of hydrogen-bond acceptors (Lipinski definition) is 2. The molecule has 26 heavy (non-hydrogen) atoms. The number of rotatable bonds is 6. The van der Waals surface area contributed by atoms with Gasteiger partial charge in [0.25, 0.3) is 0 Å². The van der Waals surface area contributed by atoms with E-state index < -0.39 is 0 Å². The van der Waals surface area contributed by atoms with Gasteiger partial charge in [0.1, 0.15) is 0 Å². The van der Waals surface area contributed by atoms with Crippen LogP contribution < -0.4 is 0 Å². The fourth-order valence-electron chi connectivity index (χ4n) is 4.31. The van der Waals surface area contributed by atoms with Crippen LogP contribution in [0.15, 0.2) is 47.5 Å². The molecule has 0 unspecified atom stereocenters. The molecule has 0 spiro atoms. The number of thiocarbonyl (C=S) groups is 1. The van der Waals surface area contributed by atoms with Crippen molar-refractivity contribution in [1.82, 2.24) is 0 Å². The first-order chi connectivity index (χ1) is 12.7. The minimum Gasteiger partial charge on any atom is -0.195 e. The van der Waals surface area contributed by atoms with E-state index in [-0.39, 0.29) is 0 Å². The third-order valence-electron chi connectivity index (χ3n) is 5.89. The molecule has 0 amide bonds. The number of nitrogens with zero attached hydrogens (tertiary/aromatic N) is 1. The van der Waals surface area contributed by atoms with Crippen molar-refractivity contribution < 1.29 is 0 Å². The number of aryl methyl sites for hydroxylation is 1. The lowest BCUT2D eigenvalue weighted by molar-refractivity contribution is 0.304. The maximum absolute atomic E-state index is 4.69. The Kier molecular flexibility index (Phi) is 6.77. The Hall–Kier alpha value is -1.76. The summed E-state index contributed by atoms with van der Waals surface area (Å²) in [6.07, 6.45) is 9.71. The summed E-state index contributed by atoms with van der Waals surface area (Å²) in [5.41, 5.74) is 6.16. The highest BCUT2D eigenvalue weighted by Crippen LogP contribution is 2.38. The van der Waals surface area contributed by atoms with Gasteiger partial charge in [0.2, 0.25) is 0 Å². The Morgan fingerprint density at radius 1 is 1.04 bits per heavy atom. The van der Waals surface area contributed by atoms with Gasteiger partial charge in [-0.2, -0.15) is 4.99 Å². The standard InChI is InChI=1S/C24H29NS/c1-3-4-5-19-6-8-20(9-7-19)21-10-12-22(13-11-21)24-15-14-23(25-17-26)16-18(24)2/h10-16,19-20H,3-9H2,1-2H3. The second-order valence-electron chi connectivity index (χ2n) is 7.68. The molecule has 0 radical (unpaired) electrons. The van der Waals surface area contributed by atoms with Crippen molar-refractivity contribution in [1.29, 1.82) is 0 Å². The summed E-state index contributed by atoms with van der Waals surface area (Å²) in [4.78, 5) is 4.07. The maximum Gasteiger partial charge on any atom is 0.0742 e. The van der Waals surface area contributed by atoms with Gasteiger partial charge in [0.05, 0.1) is 10.8 Å². The number of benzene rings is 2. The highest BCUT2D eigenvalue weighted by atomic mass is 32.1. The number of hydrogen-bond donors (Lipinski definition) is 0. The molecule has 1 saturated carbocycles. The summed E-state index contributed by atoms with van der Waals surface area (Å²) < 4.78 is 0. The van der Waals surface area contributed by atoms with Crippen molar-refractivity contribution in [2.24, 2.45) is 10.9 Å². The lowest BCUT2D eigenvalue weighted by Crippen LogP contribution is -2.13. The summed E-state index contributed by atoms with van der Waals surface area (Å²) in [6, 6.07) is 15.5. The molecule has 2 heteroatoms. The van der Waals surface area contributed by atoms with Gasteiger partial charge in [-0.3, -0.25) is 0 Å². The summed E-state index contributed by atoms with van der Waals surface area (Å²) in [7, 11) is 0. The molecule has 2 aromatic rings. The van der Waals surface area contributed by atoms with Crippen LogP contribution in [0, 0.1) is 12.8 Å². The summed E-state index contributed by atoms with van der Waals surface area (Å²) in [5.74, 6) is 1.73. The highest BCUT2D eigenvalue weighted by molar-refractivity contribution is 7.78. The Bertz CT molecular complexity index is 763. The molecule has 1 aliphatic rings. The second kappa shape index (κ2) is 9.26. The van der Waals surface area contributed by atoms with Crippen LogP contribution in [0.25, 0.3) is 11.1 Å². The van der Waals surface area contributed by atoms with Crippen molar-refractivity contribution in [2.45, 2.75) is 64.7 Å². The largest absolute Gasteiger partial charge is 0.195 e. The Morgan fingerprint density at radius 3 is 2.38 bits per heavy atom. The van der Waals surface area contributed by atoms with E-state index in [0.717, 1.165) is 17.5 Å². The summed E-state index contributed by atoms with van der Waals surface area (Å²) in [6.45, 7) is 4.43. The third kappa shape index (κ3) is 4.69. The van der Waals surface area contributed by atoms with Crippen LogP contribution in [0.5, 0.6) is 0 Å². The van der Waals surface area contributed by atoms with E-state index in [1.54, 1.807) is 0 Å². The monoisotopic (exact) mass is 363 g/mol. The zero-order valence-corrected chi connectivity index (χ0v) is 16.8. The second-order valence-corrected chi connectivity index (χ2v) is 7.87. The van der Waals surface area contributed by atoms with Crippen LogP contribution in [-0.4, -0.2) is 5.16 Å². The minimum atomic E-state index is 0.752. The smallest absolute Gasteiger partial charge is 0.0742 e. The van der Waals surface area contributed by atoms with E-state index in [1.165, 1.54) is 67.2 Å². The number of isothiocyanates is 1. The molecule has 0 bridgehead atoms. The average Bonchev–Trinajstić information content (AvgIpc) is 2.67. The van der Waals surface area contributed by atoms with Gasteiger partial charge in [-0.25, -0.2) is 0 Å². The van der Waals surface area contributed by atoms with E-state index in [4.69, 9.17) is 12.2 Å². The van der Waals surface area contributed by atoms with Crippen LogP contribution in [0.1, 0.15) is 68.9 Å². The Morgan fingerprint density at radius 2 is 1.77 bits per heavy atom. The van der Waals surface area contributed by atoms with E-state index in [0.29, 0.717) is 0 Å². The molecule has 136 valence electrons. The van der Waals surface area contributed by atoms with Gasteiger partial charge in [-0.1, -0.05) is 56.5 Å². The fraction of sp³-hybridized carbons (Fsp3) is 0.458. The predicted octanol–water partition coefficient (Wildman–Crippen LogP) is 7.86. The molecule has 3 rings (SSSR count). The van der Waals surface area contributed by atoms with Gasteiger partial charge in [-0.15, -0.1) is 0 Å². The van der Waals surface area contributed by atoms with Crippen LogP contribution in [-0.2, 0) is 0 Å². The lowest BCUT2D eigenvalue weighted by Gasteiger charge is -2.29. The van der Waals surface area contributed by atoms with Gasteiger partial charge >= 0.3 is 0 Å². The van der Waals surface area contributed by atoms with Gasteiger partial charge < -0.3 is 0 Å². The molecule has 0 atom stereocenters. The molecule has 1 aliphatic carbocycles. The van der Waals surface area contributed by atoms with Crippen molar-refractivity contribution in [3.8, 4) is 11.1 Å². The molecule has 1 nitrogen and oxygen atoms in total. The number of aliphatic imine (C=N–C) groups is 1. The van der Waals surface area contributed by atoms with E-state index >= 15 is 0 Å². The zero-order valence-electron chi connectivity index (χ0n) is 16.0. The van der Waals surface area contributed by atoms with Crippen LogP contribution >= 0.6 is 12.2 Å². The molecular formula is C24H29NS. The molecule has 0 N–H and O–H groups in total. The lowest BCUT2D eigenvalue weighted by atomic mass is 9.77. The first kappa shape index (κ1) is 19.0. The third-order valence-corrected chi connectivity index (χ3v) is 5.98. The van der Waals surface area contributed by atoms with Crippen molar-refractivity contribution >= 4 is 23.1 Å². The van der Waals surface area contributed by atoms with Crippen LogP contribution in [0.3, 0.4) is 0 Å². The molecule has 2 aromatic carbocycles. The van der Waals surface area contributed by atoms with Crippen LogP contribution in [0.2, 0.25) is 0 Å². The van der Waals surface area contributed by atoms with Gasteiger partial charge in [-0.05, 0) is 91.0 Å². The van der Waals surface area contributed by atoms with E-state index in [1.807, 2.05) is 6.07 Å². The molecular weight excluding hydrogens is 334 g/mol. The first-order valence-corrected chi connectivity index (χ1v) is 10.4. The highest BCUT2D eigenvalue weighted by Gasteiger charge is 2.21. The normalized spacial score (nSPS) is 19.8. The van der Waals surface area contributed by atoms with Crippen molar-refractivity contribution in [3.05, 3.63) is 53.6 Å². The summed E-state index contributed by atoms with van der Waals surface area (Å²) in [5, 5.41) is 2.44. The molecule has 1 fully saturated rings. The zero-order chi connectivity index (χ0) is 18.4. The molecule has 0 aromatic heterocycles. The average molecular weight is 364 g/mol. The Labute approximate surface area is 163 Å². The molecule has 0 aliphatic heterocycles. The molecule has 0 saturated heterocycles. The first-order valence-electron chi connectivity index (χ1n) is 10.00. The van der Waals surface area contributed by atoms with Crippen LogP contribution in [0.4, 0.5) is 5.69 Å². The number of unbranched alkanes of at least 4 members (excludes halogenated alkanes) is 1. The van der Waals surface area contributed by atoms with E-state index in [2.05, 4.69) is 60.4 Å². The minimum absolute atomic E-state index is 0.752. The van der Waals surface area contributed by atoms with Crippen molar-refractivity contribution in [2.75, 3.05) is 0 Å². The van der Waals surface area contributed by atoms with Crippen molar-refractivity contribution in [3.63, 3.8) is 0 Å². The van der Waals surface area contributed by atoms with Gasteiger partial charge in [0, 0.05) is 0 Å². The quantitative estimate of drug-likeness (QED) is 0.376. The maximum atomic E-state index is 4.69.